The molecule has 0 aliphatic rings. The van der Waals surface area contributed by atoms with Crippen molar-refractivity contribution in [2.45, 2.75) is 0 Å². The Kier molecular flexibility index (Phi) is 5.14. The Hall–Kier alpha value is -2.37. The lowest BCUT2D eigenvalue weighted by atomic mass is 10.2. The summed E-state index contributed by atoms with van der Waals surface area (Å²) >= 11 is 11.8. The van der Waals surface area contributed by atoms with Gasteiger partial charge in [0.15, 0.2) is 0 Å². The lowest BCUT2D eigenvalue weighted by Gasteiger charge is -2.03. The number of halogens is 2. The van der Waals surface area contributed by atoms with Gasteiger partial charge in [-0.3, -0.25) is 14.9 Å². The molecule has 7 heteroatoms. The second-order valence-electron chi connectivity index (χ2n) is 4.26. The minimum atomic E-state index is -0.560. The topological polar surface area (TPSA) is 72.2 Å². The monoisotopic (exact) mass is 336 g/mol. The molecule has 0 spiro atoms. The molecule has 0 atom stereocenters. The normalized spacial score (nSPS) is 10.6. The number of carbonyl (C=O) groups excluding carboxylic acids is 1. The number of rotatable bonds is 4. The third-order valence-electron chi connectivity index (χ3n) is 2.74. The van der Waals surface area contributed by atoms with Crippen molar-refractivity contribution in [3.63, 3.8) is 0 Å². The summed E-state index contributed by atoms with van der Waals surface area (Å²) < 4.78 is 0. The molecule has 0 aliphatic heterocycles. The number of carbonyl (C=O) groups is 1. The minimum absolute atomic E-state index is 0.129. The number of nitro groups is 1. The van der Waals surface area contributed by atoms with Crippen LogP contribution < -0.4 is 5.32 Å². The summed E-state index contributed by atoms with van der Waals surface area (Å²) in [5.41, 5.74) is 0.571. The lowest BCUT2D eigenvalue weighted by Crippen LogP contribution is -2.09. The van der Waals surface area contributed by atoms with E-state index in [1.807, 2.05) is 0 Å². The Labute approximate surface area is 136 Å². The number of nitrogens with zero attached hydrogens (tertiary/aromatic N) is 1. The number of nitrogens with one attached hydrogen (secondary N) is 1. The highest BCUT2D eigenvalue weighted by Gasteiger charge is 2.13. The molecule has 0 unspecified atom stereocenters. The van der Waals surface area contributed by atoms with Gasteiger partial charge in [0.25, 0.3) is 5.69 Å². The second kappa shape index (κ2) is 7.06. The number of hydrogen-bond acceptors (Lipinski definition) is 3. The maximum atomic E-state index is 11.8. The first-order valence-corrected chi connectivity index (χ1v) is 6.90. The fourth-order valence-corrected chi connectivity index (χ4v) is 2.19. The van der Waals surface area contributed by atoms with E-state index in [-0.39, 0.29) is 11.4 Å². The zero-order valence-electron chi connectivity index (χ0n) is 11.1. The van der Waals surface area contributed by atoms with Crippen LogP contribution in [-0.2, 0) is 4.79 Å². The molecule has 2 aromatic rings. The van der Waals surface area contributed by atoms with Crippen molar-refractivity contribution in [1.29, 1.82) is 0 Å². The van der Waals surface area contributed by atoms with Crippen LogP contribution in [0.3, 0.4) is 0 Å². The van der Waals surface area contributed by atoms with Crippen molar-refractivity contribution in [2.24, 2.45) is 0 Å². The van der Waals surface area contributed by atoms with Crippen LogP contribution in [0.1, 0.15) is 5.56 Å². The molecule has 5 nitrogen and oxygen atoms in total. The lowest BCUT2D eigenvalue weighted by molar-refractivity contribution is -0.383. The standard InChI is InChI=1S/C15H10Cl2N2O3/c16-11-7-5-10(12(17)9-11)6-8-15(20)18-13-3-1-2-4-14(13)19(21)22/h1-9H,(H,18,20)/b8-6+. The molecule has 0 saturated heterocycles. The summed E-state index contributed by atoms with van der Waals surface area (Å²) in [6.45, 7) is 0. The van der Waals surface area contributed by atoms with Gasteiger partial charge in [0, 0.05) is 22.2 Å². The van der Waals surface area contributed by atoms with Crippen molar-refractivity contribution in [3.8, 4) is 0 Å². The summed E-state index contributed by atoms with van der Waals surface area (Å²) in [6.07, 6.45) is 2.74. The molecular formula is C15H10Cl2N2O3. The van der Waals surface area contributed by atoms with E-state index < -0.39 is 10.8 Å². The van der Waals surface area contributed by atoms with Crippen LogP contribution in [0.4, 0.5) is 11.4 Å². The van der Waals surface area contributed by atoms with E-state index in [1.54, 1.807) is 24.3 Å². The van der Waals surface area contributed by atoms with Gasteiger partial charge in [-0.1, -0.05) is 41.4 Å². The van der Waals surface area contributed by atoms with Crippen molar-refractivity contribution < 1.29 is 9.72 Å². The molecular weight excluding hydrogens is 327 g/mol. The van der Waals surface area contributed by atoms with Crippen molar-refractivity contribution in [1.82, 2.24) is 0 Å². The first-order chi connectivity index (χ1) is 10.5. The van der Waals surface area contributed by atoms with Crippen molar-refractivity contribution >= 4 is 46.6 Å². The zero-order chi connectivity index (χ0) is 16.1. The van der Waals surface area contributed by atoms with E-state index in [2.05, 4.69) is 5.32 Å². The predicted octanol–water partition coefficient (Wildman–Crippen LogP) is 4.55. The fourth-order valence-electron chi connectivity index (χ4n) is 1.72. The van der Waals surface area contributed by atoms with Crippen LogP contribution in [-0.4, -0.2) is 10.8 Å². The van der Waals surface area contributed by atoms with E-state index in [0.717, 1.165) is 0 Å². The molecule has 0 aliphatic carbocycles. The van der Waals surface area contributed by atoms with Gasteiger partial charge in [0.05, 0.1) is 4.92 Å². The highest BCUT2D eigenvalue weighted by molar-refractivity contribution is 6.35. The number of para-hydroxylation sites is 2. The van der Waals surface area contributed by atoms with Crippen LogP contribution in [0.15, 0.2) is 48.5 Å². The zero-order valence-corrected chi connectivity index (χ0v) is 12.6. The number of anilines is 1. The molecule has 2 rings (SSSR count). The molecule has 0 aromatic heterocycles. The summed E-state index contributed by atoms with van der Waals surface area (Å²) in [4.78, 5) is 22.2. The van der Waals surface area contributed by atoms with Crippen molar-refractivity contribution in [3.05, 3.63) is 74.3 Å². The molecule has 22 heavy (non-hydrogen) atoms. The van der Waals surface area contributed by atoms with Crippen LogP contribution in [0.2, 0.25) is 10.0 Å². The van der Waals surface area contributed by atoms with E-state index in [9.17, 15) is 14.9 Å². The SMILES string of the molecule is O=C(/C=C/c1ccc(Cl)cc1Cl)Nc1ccccc1[N+](=O)[O-]. The Morgan fingerprint density at radius 2 is 1.91 bits per heavy atom. The van der Waals surface area contributed by atoms with Gasteiger partial charge in [-0.25, -0.2) is 0 Å². The van der Waals surface area contributed by atoms with Gasteiger partial charge in [-0.15, -0.1) is 0 Å². The third kappa shape index (κ3) is 4.07. The van der Waals surface area contributed by atoms with Gasteiger partial charge in [-0.2, -0.15) is 0 Å². The molecule has 0 fully saturated rings. The molecule has 112 valence electrons. The second-order valence-corrected chi connectivity index (χ2v) is 5.11. The van der Waals surface area contributed by atoms with Crippen LogP contribution in [0.25, 0.3) is 6.08 Å². The van der Waals surface area contributed by atoms with E-state index in [0.29, 0.717) is 15.6 Å². The molecule has 1 amide bonds. The van der Waals surface area contributed by atoms with Gasteiger partial charge in [0.1, 0.15) is 5.69 Å². The quantitative estimate of drug-likeness (QED) is 0.505. The molecule has 0 heterocycles. The van der Waals surface area contributed by atoms with Crippen LogP contribution in [0, 0.1) is 10.1 Å². The smallest absolute Gasteiger partial charge is 0.292 e. The number of benzene rings is 2. The Morgan fingerprint density at radius 1 is 1.18 bits per heavy atom. The van der Waals surface area contributed by atoms with E-state index in [1.165, 1.54) is 30.4 Å². The summed E-state index contributed by atoms with van der Waals surface area (Å²) in [7, 11) is 0. The number of amides is 1. The first-order valence-electron chi connectivity index (χ1n) is 6.15. The van der Waals surface area contributed by atoms with Crippen LogP contribution >= 0.6 is 23.2 Å². The van der Waals surface area contributed by atoms with Crippen molar-refractivity contribution in [2.75, 3.05) is 5.32 Å². The van der Waals surface area contributed by atoms with Crippen LogP contribution in [0.5, 0.6) is 0 Å². The van der Waals surface area contributed by atoms with Gasteiger partial charge >= 0.3 is 0 Å². The molecule has 1 N–H and O–H groups in total. The number of hydrogen-bond donors (Lipinski definition) is 1. The maximum absolute atomic E-state index is 11.8. The molecule has 0 radical (unpaired) electrons. The van der Waals surface area contributed by atoms with Gasteiger partial charge < -0.3 is 5.32 Å². The Balaban J connectivity index is 2.13. The Bertz CT molecular complexity index is 760. The number of nitro benzene ring substituents is 1. The average Bonchev–Trinajstić information content (AvgIpc) is 2.46. The maximum Gasteiger partial charge on any atom is 0.292 e. The minimum Gasteiger partial charge on any atom is -0.317 e. The fraction of sp³-hybridized carbons (Fsp3) is 0. The third-order valence-corrected chi connectivity index (χ3v) is 3.30. The van der Waals surface area contributed by atoms with E-state index in [4.69, 9.17) is 23.2 Å². The molecule has 2 aromatic carbocycles. The summed E-state index contributed by atoms with van der Waals surface area (Å²) in [6, 6.07) is 10.8. The first kappa shape index (κ1) is 16.0. The largest absolute Gasteiger partial charge is 0.317 e. The molecule has 0 bridgehead atoms. The summed E-state index contributed by atoms with van der Waals surface area (Å²) in [5, 5.41) is 14.2. The average molecular weight is 337 g/mol. The van der Waals surface area contributed by atoms with E-state index >= 15 is 0 Å². The van der Waals surface area contributed by atoms with Gasteiger partial charge in [-0.05, 0) is 29.8 Å². The molecule has 0 saturated carbocycles. The Morgan fingerprint density at radius 3 is 2.59 bits per heavy atom. The highest BCUT2D eigenvalue weighted by atomic mass is 35.5. The highest BCUT2D eigenvalue weighted by Crippen LogP contribution is 2.24. The van der Waals surface area contributed by atoms with Gasteiger partial charge in [0.2, 0.25) is 5.91 Å². The predicted molar refractivity (Wildman–Crippen MR) is 87.2 cm³/mol. The summed E-state index contributed by atoms with van der Waals surface area (Å²) in [5.74, 6) is -0.500.